The molecule has 0 aliphatic heterocycles. The standard InChI is InChI=1S/C14H17FN2S/c1-14(2,3)12-8-16-13(18)17(12)9-10-6-4-5-7-11(10)15/h4-8H,9H2,1-3H3,(H,16,18). The minimum absolute atomic E-state index is 0.0290. The smallest absolute Gasteiger partial charge is 0.177 e. The molecule has 0 spiro atoms. The van der Waals surface area contributed by atoms with Gasteiger partial charge < -0.3 is 9.55 Å². The number of benzene rings is 1. The van der Waals surface area contributed by atoms with Crippen molar-refractivity contribution in [2.24, 2.45) is 0 Å². The molecular weight excluding hydrogens is 247 g/mol. The van der Waals surface area contributed by atoms with Crippen molar-refractivity contribution in [3.05, 3.63) is 52.3 Å². The highest BCUT2D eigenvalue weighted by molar-refractivity contribution is 7.71. The van der Waals surface area contributed by atoms with Crippen molar-refractivity contribution in [2.45, 2.75) is 32.7 Å². The van der Waals surface area contributed by atoms with Crippen LogP contribution in [0.25, 0.3) is 0 Å². The maximum Gasteiger partial charge on any atom is 0.177 e. The van der Waals surface area contributed by atoms with Crippen molar-refractivity contribution in [1.82, 2.24) is 9.55 Å². The first-order valence-electron chi connectivity index (χ1n) is 5.91. The fourth-order valence-electron chi connectivity index (χ4n) is 1.97. The summed E-state index contributed by atoms with van der Waals surface area (Å²) < 4.78 is 16.3. The first-order chi connectivity index (χ1) is 8.39. The third-order valence-electron chi connectivity index (χ3n) is 2.92. The largest absolute Gasteiger partial charge is 0.337 e. The van der Waals surface area contributed by atoms with Gasteiger partial charge in [-0.2, -0.15) is 0 Å². The monoisotopic (exact) mass is 264 g/mol. The minimum Gasteiger partial charge on any atom is -0.337 e. The molecule has 0 atom stereocenters. The molecule has 0 aliphatic rings. The van der Waals surface area contributed by atoms with Gasteiger partial charge in [-0.25, -0.2) is 4.39 Å². The Morgan fingerprint density at radius 1 is 1.28 bits per heavy atom. The molecule has 2 nitrogen and oxygen atoms in total. The molecule has 0 bridgehead atoms. The number of aromatic amines is 1. The molecule has 96 valence electrons. The van der Waals surface area contributed by atoms with Crippen LogP contribution in [0, 0.1) is 10.6 Å². The third kappa shape index (κ3) is 2.53. The lowest BCUT2D eigenvalue weighted by molar-refractivity contribution is 0.521. The van der Waals surface area contributed by atoms with E-state index < -0.39 is 0 Å². The summed E-state index contributed by atoms with van der Waals surface area (Å²) in [4.78, 5) is 3.04. The lowest BCUT2D eigenvalue weighted by Gasteiger charge is -2.20. The number of hydrogen-bond donors (Lipinski definition) is 1. The molecule has 0 saturated heterocycles. The van der Waals surface area contributed by atoms with Gasteiger partial charge in [0, 0.05) is 22.9 Å². The highest BCUT2D eigenvalue weighted by Gasteiger charge is 2.19. The first-order valence-corrected chi connectivity index (χ1v) is 6.32. The van der Waals surface area contributed by atoms with Crippen molar-refractivity contribution < 1.29 is 4.39 Å². The molecule has 2 aromatic rings. The maximum absolute atomic E-state index is 13.7. The lowest BCUT2D eigenvalue weighted by atomic mass is 9.92. The Kier molecular flexibility index (Phi) is 3.39. The number of H-pyrrole nitrogens is 1. The van der Waals surface area contributed by atoms with Crippen molar-refractivity contribution in [3.8, 4) is 0 Å². The van der Waals surface area contributed by atoms with E-state index in [9.17, 15) is 4.39 Å². The van der Waals surface area contributed by atoms with Gasteiger partial charge in [0.1, 0.15) is 5.82 Å². The molecule has 1 heterocycles. The van der Waals surface area contributed by atoms with E-state index in [2.05, 4.69) is 25.8 Å². The normalized spacial score (nSPS) is 11.8. The van der Waals surface area contributed by atoms with Gasteiger partial charge in [-0.1, -0.05) is 39.0 Å². The fourth-order valence-corrected chi connectivity index (χ4v) is 2.19. The second kappa shape index (κ2) is 4.69. The fraction of sp³-hybridized carbons (Fsp3) is 0.357. The number of rotatable bonds is 2. The molecule has 0 unspecified atom stereocenters. The molecule has 1 N–H and O–H groups in total. The third-order valence-corrected chi connectivity index (χ3v) is 3.26. The van der Waals surface area contributed by atoms with Crippen LogP contribution in [0.15, 0.2) is 30.5 Å². The number of nitrogens with zero attached hydrogens (tertiary/aromatic N) is 1. The van der Waals surface area contributed by atoms with Gasteiger partial charge in [-0.15, -0.1) is 0 Å². The highest BCUT2D eigenvalue weighted by atomic mass is 32.1. The molecule has 0 radical (unpaired) electrons. The zero-order valence-corrected chi connectivity index (χ0v) is 11.6. The average molecular weight is 264 g/mol. The van der Waals surface area contributed by atoms with Crippen LogP contribution in [0.4, 0.5) is 4.39 Å². The number of nitrogens with one attached hydrogen (secondary N) is 1. The van der Waals surface area contributed by atoms with E-state index in [0.29, 0.717) is 16.9 Å². The molecule has 0 aliphatic carbocycles. The quantitative estimate of drug-likeness (QED) is 0.812. The van der Waals surface area contributed by atoms with Gasteiger partial charge in [0.05, 0.1) is 6.54 Å². The van der Waals surface area contributed by atoms with E-state index in [1.165, 1.54) is 6.07 Å². The molecule has 1 aromatic carbocycles. The predicted molar refractivity (Wildman–Crippen MR) is 73.8 cm³/mol. The second-order valence-electron chi connectivity index (χ2n) is 5.41. The molecule has 0 amide bonds. The molecule has 18 heavy (non-hydrogen) atoms. The maximum atomic E-state index is 13.7. The van der Waals surface area contributed by atoms with E-state index in [-0.39, 0.29) is 11.2 Å². The van der Waals surface area contributed by atoms with Crippen molar-refractivity contribution in [3.63, 3.8) is 0 Å². The van der Waals surface area contributed by atoms with Gasteiger partial charge in [-0.3, -0.25) is 0 Å². The Hall–Kier alpha value is -1.42. The summed E-state index contributed by atoms with van der Waals surface area (Å²) in [7, 11) is 0. The van der Waals surface area contributed by atoms with Gasteiger partial charge in [0.15, 0.2) is 4.77 Å². The SMILES string of the molecule is CC(C)(C)c1c[nH]c(=S)n1Cc1ccccc1F. The van der Waals surface area contributed by atoms with Gasteiger partial charge in [0.2, 0.25) is 0 Å². The number of halogens is 1. The van der Waals surface area contributed by atoms with Gasteiger partial charge in [0.25, 0.3) is 0 Å². The van der Waals surface area contributed by atoms with Crippen LogP contribution >= 0.6 is 12.2 Å². The van der Waals surface area contributed by atoms with Crippen molar-refractivity contribution in [2.75, 3.05) is 0 Å². The van der Waals surface area contributed by atoms with Crippen molar-refractivity contribution in [1.29, 1.82) is 0 Å². The summed E-state index contributed by atoms with van der Waals surface area (Å²) >= 11 is 5.27. The Bertz CT molecular complexity index is 605. The molecule has 2 rings (SSSR count). The van der Waals surface area contributed by atoms with Crippen LogP contribution in [0.5, 0.6) is 0 Å². The second-order valence-corrected chi connectivity index (χ2v) is 5.79. The van der Waals surface area contributed by atoms with Crippen molar-refractivity contribution >= 4 is 12.2 Å². The summed E-state index contributed by atoms with van der Waals surface area (Å²) in [5.74, 6) is -0.194. The van der Waals surface area contributed by atoms with Gasteiger partial charge in [-0.05, 0) is 18.3 Å². The summed E-state index contributed by atoms with van der Waals surface area (Å²) in [6.07, 6.45) is 1.91. The van der Waals surface area contributed by atoms with Crippen LogP contribution < -0.4 is 0 Å². The molecular formula is C14H17FN2S. The first kappa shape index (κ1) is 13.0. The number of hydrogen-bond acceptors (Lipinski definition) is 1. The topological polar surface area (TPSA) is 20.7 Å². The van der Waals surface area contributed by atoms with E-state index in [4.69, 9.17) is 12.2 Å². The van der Waals surface area contributed by atoms with E-state index >= 15 is 0 Å². The molecule has 1 aromatic heterocycles. The van der Waals surface area contributed by atoms with Crippen LogP contribution in [-0.2, 0) is 12.0 Å². The summed E-state index contributed by atoms with van der Waals surface area (Å²) in [6, 6.07) is 6.80. The number of imidazole rings is 1. The summed E-state index contributed by atoms with van der Waals surface area (Å²) in [5, 5.41) is 0. The Balaban J connectivity index is 2.44. The van der Waals surface area contributed by atoms with E-state index in [0.717, 1.165) is 5.69 Å². The molecule has 4 heteroatoms. The van der Waals surface area contributed by atoms with Crippen LogP contribution in [0.1, 0.15) is 32.0 Å². The average Bonchev–Trinajstić information content (AvgIpc) is 2.63. The predicted octanol–water partition coefficient (Wildman–Crippen LogP) is 4.03. The van der Waals surface area contributed by atoms with Gasteiger partial charge >= 0.3 is 0 Å². The van der Waals surface area contributed by atoms with E-state index in [1.807, 2.05) is 16.8 Å². The Morgan fingerprint density at radius 3 is 2.56 bits per heavy atom. The number of aromatic nitrogens is 2. The zero-order valence-electron chi connectivity index (χ0n) is 10.8. The summed E-state index contributed by atoms with van der Waals surface area (Å²) in [5.41, 5.74) is 1.70. The highest BCUT2D eigenvalue weighted by Crippen LogP contribution is 2.23. The lowest BCUT2D eigenvalue weighted by Crippen LogP contribution is -2.18. The van der Waals surface area contributed by atoms with Crippen LogP contribution in [0.3, 0.4) is 0 Å². The molecule has 0 saturated carbocycles. The zero-order chi connectivity index (χ0) is 13.3. The minimum atomic E-state index is -0.194. The molecule has 0 fully saturated rings. The summed E-state index contributed by atoms with van der Waals surface area (Å²) in [6.45, 7) is 6.80. The van der Waals surface area contributed by atoms with Crippen LogP contribution in [0.2, 0.25) is 0 Å². The Morgan fingerprint density at radius 2 is 1.94 bits per heavy atom. The van der Waals surface area contributed by atoms with E-state index in [1.54, 1.807) is 12.1 Å². The Labute approximate surface area is 111 Å². The van der Waals surface area contributed by atoms with Crippen LogP contribution in [-0.4, -0.2) is 9.55 Å².